The predicted octanol–water partition coefficient (Wildman–Crippen LogP) is 3.32. The van der Waals surface area contributed by atoms with Crippen LogP contribution >= 0.6 is 0 Å². The van der Waals surface area contributed by atoms with Crippen molar-refractivity contribution < 1.29 is 14.4 Å². The number of ketones is 1. The Balaban J connectivity index is 1.86. The van der Waals surface area contributed by atoms with E-state index in [1.54, 1.807) is 53.1 Å². The van der Waals surface area contributed by atoms with Gasteiger partial charge in [0, 0.05) is 24.0 Å². The number of unbranched alkanes of at least 4 members (excludes halogenated alkanes) is 1. The van der Waals surface area contributed by atoms with Gasteiger partial charge in [-0.1, -0.05) is 19.4 Å². The number of Topliss-reactive ketones (excluding diaryl/α,β-unsaturated/α-hetero) is 1. The number of anilines is 1. The maximum Gasteiger partial charge on any atom is 0.292 e. The van der Waals surface area contributed by atoms with Crippen LogP contribution in [-0.2, 0) is 0 Å². The molecule has 0 fully saturated rings. The Hall–Kier alpha value is -3.48. The van der Waals surface area contributed by atoms with E-state index in [1.165, 1.54) is 6.92 Å². The highest BCUT2D eigenvalue weighted by Crippen LogP contribution is 2.16. The van der Waals surface area contributed by atoms with Crippen LogP contribution in [0.1, 0.15) is 58.2 Å². The van der Waals surface area contributed by atoms with Gasteiger partial charge in [-0.3, -0.25) is 18.8 Å². The number of imidazole rings is 1. The largest absolute Gasteiger partial charge is 0.351 e. The minimum Gasteiger partial charge on any atom is -0.351 e. The van der Waals surface area contributed by atoms with Gasteiger partial charge >= 0.3 is 0 Å². The Morgan fingerprint density at radius 3 is 2.46 bits per heavy atom. The number of carbonyl (C=O) groups excluding carboxylic acids is 3. The van der Waals surface area contributed by atoms with Gasteiger partial charge in [-0.15, -0.1) is 0 Å². The molecule has 7 nitrogen and oxygen atoms in total. The molecule has 2 aromatic heterocycles. The lowest BCUT2D eigenvalue weighted by atomic mass is 10.1. The van der Waals surface area contributed by atoms with E-state index in [0.717, 1.165) is 12.8 Å². The first-order chi connectivity index (χ1) is 13.5. The van der Waals surface area contributed by atoms with Gasteiger partial charge in [0.2, 0.25) is 5.82 Å². The van der Waals surface area contributed by atoms with Crippen molar-refractivity contribution in [2.75, 3.05) is 11.9 Å². The molecule has 0 radical (unpaired) electrons. The molecule has 0 atom stereocenters. The Morgan fingerprint density at radius 2 is 1.79 bits per heavy atom. The van der Waals surface area contributed by atoms with Gasteiger partial charge in [0.15, 0.2) is 11.5 Å². The van der Waals surface area contributed by atoms with Gasteiger partial charge < -0.3 is 10.6 Å². The van der Waals surface area contributed by atoms with Crippen molar-refractivity contribution in [2.24, 2.45) is 0 Å². The zero-order chi connectivity index (χ0) is 20.1. The number of carbonyl (C=O) groups is 3. The van der Waals surface area contributed by atoms with E-state index in [9.17, 15) is 14.4 Å². The Bertz CT molecular complexity index is 1020. The molecule has 0 bridgehead atoms. The third-order valence-electron chi connectivity index (χ3n) is 4.33. The van der Waals surface area contributed by atoms with Gasteiger partial charge in [0.1, 0.15) is 0 Å². The monoisotopic (exact) mass is 378 g/mol. The molecule has 0 spiro atoms. The van der Waals surface area contributed by atoms with Crippen LogP contribution in [0.4, 0.5) is 5.69 Å². The van der Waals surface area contributed by atoms with Crippen LogP contribution in [0.5, 0.6) is 0 Å². The molecule has 1 aromatic carbocycles. The van der Waals surface area contributed by atoms with Crippen molar-refractivity contribution in [3.05, 3.63) is 65.7 Å². The maximum absolute atomic E-state index is 12.8. The number of fused-ring (bicyclic) bond motifs is 1. The number of nitrogens with zero attached hydrogens (tertiary/aromatic N) is 2. The lowest BCUT2D eigenvalue weighted by molar-refractivity contribution is 0.0949. The van der Waals surface area contributed by atoms with E-state index in [-0.39, 0.29) is 23.2 Å². The summed E-state index contributed by atoms with van der Waals surface area (Å²) in [6.45, 7) is 4.09. The quantitative estimate of drug-likeness (QED) is 0.487. The standard InChI is InChI=1S/C21H22N4O3/c1-3-4-12-22-20(27)18-17-7-5-6-13-25(17)19(24-18)21(28)23-16-10-8-15(9-11-16)14(2)26/h5-11,13H,3-4,12H2,1-2H3,(H,22,27)(H,23,28). The summed E-state index contributed by atoms with van der Waals surface area (Å²) in [6, 6.07) is 11.9. The third-order valence-corrected chi connectivity index (χ3v) is 4.33. The van der Waals surface area contributed by atoms with E-state index in [4.69, 9.17) is 0 Å². The number of benzene rings is 1. The van der Waals surface area contributed by atoms with Gasteiger partial charge in [-0.05, 0) is 49.7 Å². The molecule has 2 amide bonds. The molecule has 0 saturated carbocycles. The Labute approximate surface area is 162 Å². The van der Waals surface area contributed by atoms with Crippen molar-refractivity contribution in [3.63, 3.8) is 0 Å². The summed E-state index contributed by atoms with van der Waals surface area (Å²) < 4.78 is 1.59. The Morgan fingerprint density at radius 1 is 1.04 bits per heavy atom. The molecule has 0 aliphatic rings. The predicted molar refractivity (Wildman–Crippen MR) is 107 cm³/mol. The van der Waals surface area contributed by atoms with Crippen LogP contribution in [0.25, 0.3) is 5.52 Å². The fourth-order valence-corrected chi connectivity index (χ4v) is 2.80. The molecule has 2 heterocycles. The summed E-state index contributed by atoms with van der Waals surface area (Å²) in [6.07, 6.45) is 3.54. The normalized spacial score (nSPS) is 10.6. The van der Waals surface area contributed by atoms with E-state index in [2.05, 4.69) is 15.6 Å². The maximum atomic E-state index is 12.8. The van der Waals surface area contributed by atoms with Gasteiger partial charge in [-0.2, -0.15) is 0 Å². The highest BCUT2D eigenvalue weighted by Gasteiger charge is 2.21. The zero-order valence-corrected chi connectivity index (χ0v) is 15.9. The number of hydrogen-bond donors (Lipinski definition) is 2. The van der Waals surface area contributed by atoms with Gasteiger partial charge in [-0.25, -0.2) is 4.98 Å². The van der Waals surface area contributed by atoms with Crippen LogP contribution in [0.15, 0.2) is 48.7 Å². The molecule has 0 saturated heterocycles. The summed E-state index contributed by atoms with van der Waals surface area (Å²) in [5, 5.41) is 5.59. The van der Waals surface area contributed by atoms with Crippen LogP contribution in [0.2, 0.25) is 0 Å². The molecule has 0 aliphatic heterocycles. The smallest absolute Gasteiger partial charge is 0.292 e. The average molecular weight is 378 g/mol. The summed E-state index contributed by atoms with van der Waals surface area (Å²) in [5.41, 5.74) is 1.88. The summed E-state index contributed by atoms with van der Waals surface area (Å²) >= 11 is 0. The van der Waals surface area contributed by atoms with E-state index in [0.29, 0.717) is 23.3 Å². The van der Waals surface area contributed by atoms with Gasteiger partial charge in [0.05, 0.1) is 5.52 Å². The first-order valence-electron chi connectivity index (χ1n) is 9.19. The molecule has 2 N–H and O–H groups in total. The van der Waals surface area contributed by atoms with Crippen molar-refractivity contribution in [3.8, 4) is 0 Å². The molecule has 0 aliphatic carbocycles. The van der Waals surface area contributed by atoms with Crippen molar-refractivity contribution in [1.82, 2.24) is 14.7 Å². The third kappa shape index (κ3) is 4.09. The Kier molecular flexibility index (Phi) is 5.84. The second-order valence-corrected chi connectivity index (χ2v) is 6.44. The number of aromatic nitrogens is 2. The second-order valence-electron chi connectivity index (χ2n) is 6.44. The number of hydrogen-bond acceptors (Lipinski definition) is 4. The molecule has 3 aromatic rings. The molecule has 28 heavy (non-hydrogen) atoms. The van der Waals surface area contributed by atoms with Crippen molar-refractivity contribution >= 4 is 28.8 Å². The van der Waals surface area contributed by atoms with E-state index < -0.39 is 5.91 Å². The van der Waals surface area contributed by atoms with Crippen molar-refractivity contribution in [1.29, 1.82) is 0 Å². The molecule has 0 unspecified atom stereocenters. The lowest BCUT2D eigenvalue weighted by Gasteiger charge is -2.05. The molecular formula is C21H22N4O3. The van der Waals surface area contributed by atoms with Crippen LogP contribution in [0.3, 0.4) is 0 Å². The number of pyridine rings is 1. The first kappa shape index (κ1) is 19.3. The first-order valence-corrected chi connectivity index (χ1v) is 9.19. The fourth-order valence-electron chi connectivity index (χ4n) is 2.80. The molecule has 144 valence electrons. The topological polar surface area (TPSA) is 92.6 Å². The summed E-state index contributed by atoms with van der Waals surface area (Å²) in [7, 11) is 0. The zero-order valence-electron chi connectivity index (χ0n) is 15.9. The molecule has 7 heteroatoms. The summed E-state index contributed by atoms with van der Waals surface area (Å²) in [5.74, 6) is -0.672. The second kappa shape index (κ2) is 8.47. The van der Waals surface area contributed by atoms with Crippen molar-refractivity contribution in [2.45, 2.75) is 26.7 Å². The van der Waals surface area contributed by atoms with E-state index in [1.807, 2.05) is 6.92 Å². The van der Waals surface area contributed by atoms with Crippen LogP contribution in [0, 0.1) is 0 Å². The fraction of sp³-hybridized carbons (Fsp3) is 0.238. The minimum absolute atomic E-state index is 0.0455. The van der Waals surface area contributed by atoms with E-state index >= 15 is 0 Å². The minimum atomic E-state index is -0.440. The van der Waals surface area contributed by atoms with Gasteiger partial charge in [0.25, 0.3) is 11.8 Å². The SMILES string of the molecule is CCCCNC(=O)c1nc(C(=O)Nc2ccc(C(C)=O)cc2)n2ccccc12. The number of rotatable bonds is 7. The lowest BCUT2D eigenvalue weighted by Crippen LogP contribution is -2.25. The number of amides is 2. The van der Waals surface area contributed by atoms with Crippen LogP contribution < -0.4 is 10.6 Å². The number of nitrogens with one attached hydrogen (secondary N) is 2. The molecule has 3 rings (SSSR count). The average Bonchev–Trinajstić information content (AvgIpc) is 3.08. The highest BCUT2D eigenvalue weighted by molar-refractivity contribution is 6.06. The summed E-state index contributed by atoms with van der Waals surface area (Å²) in [4.78, 5) is 40.9. The van der Waals surface area contributed by atoms with Crippen LogP contribution in [-0.4, -0.2) is 33.5 Å². The highest BCUT2D eigenvalue weighted by atomic mass is 16.2. The molecular weight excluding hydrogens is 356 g/mol.